The molecule has 2 rings (SSSR count). The Kier molecular flexibility index (Phi) is 3.64. The number of hydrogen-bond acceptors (Lipinski definition) is 6. The molecule has 0 fully saturated rings. The Morgan fingerprint density at radius 3 is 2.75 bits per heavy atom. The number of pyridine rings is 1. The maximum absolute atomic E-state index is 12.1. The van der Waals surface area contributed by atoms with Crippen LogP contribution in [0.1, 0.15) is 42.6 Å². The lowest BCUT2D eigenvalue weighted by atomic mass is 9.90. The molecule has 0 unspecified atom stereocenters. The monoisotopic (exact) mass is 275 g/mol. The van der Waals surface area contributed by atoms with Gasteiger partial charge in [0.05, 0.1) is 6.54 Å². The largest absolute Gasteiger partial charge is 0.384 e. The second kappa shape index (κ2) is 5.24. The van der Waals surface area contributed by atoms with Crippen LogP contribution in [0.2, 0.25) is 0 Å². The zero-order valence-electron chi connectivity index (χ0n) is 11.6. The van der Waals surface area contributed by atoms with Crippen LogP contribution in [0.25, 0.3) is 0 Å². The van der Waals surface area contributed by atoms with Gasteiger partial charge in [0, 0.05) is 16.7 Å². The van der Waals surface area contributed by atoms with E-state index in [0.29, 0.717) is 17.2 Å². The van der Waals surface area contributed by atoms with Gasteiger partial charge in [0.1, 0.15) is 5.82 Å². The number of H-pyrrole nitrogens is 1. The Labute approximate surface area is 116 Å². The molecule has 0 aliphatic carbocycles. The summed E-state index contributed by atoms with van der Waals surface area (Å²) in [7, 11) is 0. The highest BCUT2D eigenvalue weighted by Gasteiger charge is 2.18. The molecule has 0 saturated heterocycles. The van der Waals surface area contributed by atoms with Gasteiger partial charge in [0.2, 0.25) is 0 Å². The van der Waals surface area contributed by atoms with Gasteiger partial charge in [-0.15, -0.1) is 10.2 Å². The van der Waals surface area contributed by atoms with Gasteiger partial charge in [0.25, 0.3) is 5.91 Å². The van der Waals surface area contributed by atoms with Crippen LogP contribution in [0.3, 0.4) is 0 Å². The predicted molar refractivity (Wildman–Crippen MR) is 72.7 cm³/mol. The maximum Gasteiger partial charge on any atom is 0.251 e. The number of nitrogen functional groups attached to an aromatic ring is 1. The van der Waals surface area contributed by atoms with E-state index >= 15 is 0 Å². The Hall–Kier alpha value is -2.51. The number of nitrogens with two attached hydrogens (primary N) is 1. The third-order valence-electron chi connectivity index (χ3n) is 2.67. The quantitative estimate of drug-likeness (QED) is 0.745. The summed E-state index contributed by atoms with van der Waals surface area (Å²) >= 11 is 0. The van der Waals surface area contributed by atoms with Gasteiger partial charge in [-0.2, -0.15) is 5.21 Å². The first-order chi connectivity index (χ1) is 9.36. The normalized spacial score (nSPS) is 11.3. The lowest BCUT2D eigenvalue weighted by Gasteiger charge is -2.18. The molecule has 2 aromatic heterocycles. The van der Waals surface area contributed by atoms with E-state index in [1.165, 1.54) is 0 Å². The molecule has 4 N–H and O–H groups in total. The van der Waals surface area contributed by atoms with Crippen LogP contribution in [0.4, 0.5) is 5.82 Å². The van der Waals surface area contributed by atoms with Crippen molar-refractivity contribution >= 4 is 11.7 Å². The number of nitrogens with one attached hydrogen (secondary N) is 2. The van der Waals surface area contributed by atoms with Crippen LogP contribution in [-0.2, 0) is 12.0 Å². The van der Waals surface area contributed by atoms with Crippen LogP contribution in [0.5, 0.6) is 0 Å². The summed E-state index contributed by atoms with van der Waals surface area (Å²) in [4.78, 5) is 16.3. The zero-order valence-corrected chi connectivity index (χ0v) is 11.6. The summed E-state index contributed by atoms with van der Waals surface area (Å²) in [6.07, 6.45) is 0. The second-order valence-electron chi connectivity index (χ2n) is 5.43. The van der Waals surface area contributed by atoms with Crippen molar-refractivity contribution in [2.45, 2.75) is 32.7 Å². The lowest BCUT2D eigenvalue weighted by Crippen LogP contribution is -2.25. The fourth-order valence-electron chi connectivity index (χ4n) is 1.59. The van der Waals surface area contributed by atoms with E-state index in [1.807, 2.05) is 20.8 Å². The Morgan fingerprint density at radius 1 is 1.40 bits per heavy atom. The van der Waals surface area contributed by atoms with Gasteiger partial charge in [-0.25, -0.2) is 4.98 Å². The minimum Gasteiger partial charge on any atom is -0.384 e. The minimum atomic E-state index is -0.255. The van der Waals surface area contributed by atoms with Crippen LogP contribution < -0.4 is 11.1 Å². The second-order valence-corrected chi connectivity index (χ2v) is 5.43. The number of hydrogen-bond donors (Lipinski definition) is 3. The third-order valence-corrected chi connectivity index (χ3v) is 2.67. The molecular weight excluding hydrogens is 258 g/mol. The summed E-state index contributed by atoms with van der Waals surface area (Å²) in [6, 6.07) is 3.28. The lowest BCUT2D eigenvalue weighted by molar-refractivity contribution is 0.0949. The molecule has 0 radical (unpaired) electrons. The number of rotatable bonds is 3. The van der Waals surface area contributed by atoms with Gasteiger partial charge >= 0.3 is 0 Å². The number of aromatic nitrogens is 5. The summed E-state index contributed by atoms with van der Waals surface area (Å²) in [5.74, 6) is 0.480. The molecule has 0 aromatic carbocycles. The van der Waals surface area contributed by atoms with Crippen molar-refractivity contribution in [2.75, 3.05) is 5.73 Å². The summed E-state index contributed by atoms with van der Waals surface area (Å²) in [6.45, 7) is 6.23. The van der Waals surface area contributed by atoms with Gasteiger partial charge in [-0.05, 0) is 12.1 Å². The molecule has 8 nitrogen and oxygen atoms in total. The van der Waals surface area contributed by atoms with E-state index in [9.17, 15) is 4.79 Å². The number of tetrazole rings is 1. The summed E-state index contributed by atoms with van der Waals surface area (Å²) in [5.41, 5.74) is 6.80. The van der Waals surface area contributed by atoms with Crippen LogP contribution >= 0.6 is 0 Å². The standard InChI is InChI=1S/C12H17N7O/c1-12(2,3)8-4-7(5-9(13)15-8)11(20)14-6-10-16-18-19-17-10/h4-5H,6H2,1-3H3,(H2,13,15)(H,14,20)(H,16,17,18,19). The summed E-state index contributed by atoms with van der Waals surface area (Å²) in [5, 5.41) is 15.9. The van der Waals surface area contributed by atoms with E-state index in [4.69, 9.17) is 5.73 Å². The smallest absolute Gasteiger partial charge is 0.251 e. The average Bonchev–Trinajstić information content (AvgIpc) is 2.87. The molecule has 0 bridgehead atoms. The highest BCUT2D eigenvalue weighted by Crippen LogP contribution is 2.22. The average molecular weight is 275 g/mol. The highest BCUT2D eigenvalue weighted by molar-refractivity contribution is 5.94. The predicted octanol–water partition coefficient (Wildman–Crippen LogP) is 0.404. The zero-order chi connectivity index (χ0) is 14.8. The topological polar surface area (TPSA) is 122 Å². The van der Waals surface area contributed by atoms with Crippen LogP contribution in [0.15, 0.2) is 12.1 Å². The SMILES string of the molecule is CC(C)(C)c1cc(C(=O)NCc2nn[nH]n2)cc(N)n1. The Morgan fingerprint density at radius 2 is 2.15 bits per heavy atom. The minimum absolute atomic E-state index is 0.182. The number of anilines is 1. The first kappa shape index (κ1) is 13.9. The molecule has 2 aromatic rings. The van der Waals surface area contributed by atoms with E-state index in [1.54, 1.807) is 12.1 Å². The molecule has 8 heteroatoms. The molecular formula is C12H17N7O. The highest BCUT2D eigenvalue weighted by atomic mass is 16.1. The van der Waals surface area contributed by atoms with Crippen molar-refractivity contribution in [1.82, 2.24) is 30.9 Å². The number of carbonyl (C=O) groups excluding carboxylic acids is 1. The molecule has 0 aliphatic heterocycles. The molecule has 106 valence electrons. The molecule has 0 atom stereocenters. The number of amides is 1. The fraction of sp³-hybridized carbons (Fsp3) is 0.417. The molecule has 0 saturated carbocycles. The van der Waals surface area contributed by atoms with Gasteiger partial charge in [-0.1, -0.05) is 26.0 Å². The molecule has 2 heterocycles. The molecule has 1 amide bonds. The van der Waals surface area contributed by atoms with Crippen molar-refractivity contribution in [3.63, 3.8) is 0 Å². The van der Waals surface area contributed by atoms with Crippen molar-refractivity contribution < 1.29 is 4.79 Å². The molecule has 0 spiro atoms. The first-order valence-electron chi connectivity index (χ1n) is 6.15. The van der Waals surface area contributed by atoms with Crippen LogP contribution in [0, 0.1) is 0 Å². The van der Waals surface area contributed by atoms with Crippen molar-refractivity contribution in [3.05, 3.63) is 29.2 Å². The van der Waals surface area contributed by atoms with E-state index in [2.05, 4.69) is 30.9 Å². The fourth-order valence-corrected chi connectivity index (χ4v) is 1.59. The number of carbonyl (C=O) groups is 1. The third kappa shape index (κ3) is 3.28. The van der Waals surface area contributed by atoms with Crippen molar-refractivity contribution in [1.29, 1.82) is 0 Å². The first-order valence-corrected chi connectivity index (χ1v) is 6.15. The van der Waals surface area contributed by atoms with Crippen LogP contribution in [-0.4, -0.2) is 31.5 Å². The Bertz CT molecular complexity index is 601. The van der Waals surface area contributed by atoms with E-state index in [-0.39, 0.29) is 17.9 Å². The van der Waals surface area contributed by atoms with E-state index < -0.39 is 0 Å². The van der Waals surface area contributed by atoms with Gasteiger partial charge < -0.3 is 11.1 Å². The molecule has 0 aliphatic rings. The molecule has 20 heavy (non-hydrogen) atoms. The van der Waals surface area contributed by atoms with Crippen molar-refractivity contribution in [3.8, 4) is 0 Å². The van der Waals surface area contributed by atoms with Gasteiger partial charge in [0.15, 0.2) is 5.82 Å². The number of aromatic amines is 1. The van der Waals surface area contributed by atoms with Gasteiger partial charge in [-0.3, -0.25) is 4.79 Å². The Balaban J connectivity index is 2.15. The number of nitrogens with zero attached hydrogens (tertiary/aromatic N) is 4. The maximum atomic E-state index is 12.1. The summed E-state index contributed by atoms with van der Waals surface area (Å²) < 4.78 is 0. The van der Waals surface area contributed by atoms with Crippen molar-refractivity contribution in [2.24, 2.45) is 0 Å². The van der Waals surface area contributed by atoms with E-state index in [0.717, 1.165) is 5.69 Å².